The Hall–Kier alpha value is -1.66. The molecule has 0 spiro atoms. The van der Waals surface area contributed by atoms with Crippen LogP contribution in [0.4, 0.5) is 0 Å². The molecule has 1 saturated carbocycles. The number of esters is 1. The van der Waals surface area contributed by atoms with Crippen molar-refractivity contribution in [3.63, 3.8) is 0 Å². The van der Waals surface area contributed by atoms with Crippen molar-refractivity contribution >= 4 is 22.1 Å². The lowest BCUT2D eigenvalue weighted by Gasteiger charge is -2.25. The smallest absolute Gasteiger partial charge is 0.331 e. The second-order valence-corrected chi connectivity index (χ2v) is 8.67. The summed E-state index contributed by atoms with van der Waals surface area (Å²) in [5.41, 5.74) is 0.752. The molecule has 0 heterocycles. The first kappa shape index (κ1) is 18.7. The van der Waals surface area contributed by atoms with Gasteiger partial charge in [-0.2, -0.15) is 0 Å². The zero-order valence-electron chi connectivity index (χ0n) is 14.4. The molecule has 6 heteroatoms. The fourth-order valence-corrected chi connectivity index (χ4v) is 3.72. The van der Waals surface area contributed by atoms with Crippen LogP contribution in [-0.2, 0) is 19.6 Å². The first-order valence-corrected chi connectivity index (χ1v) is 9.64. The van der Waals surface area contributed by atoms with Crippen LogP contribution in [0, 0.1) is 5.92 Å². The zero-order chi connectivity index (χ0) is 17.7. The molecule has 5 nitrogen and oxygen atoms in total. The lowest BCUT2D eigenvalue weighted by atomic mass is 9.89. The number of benzene rings is 1. The number of rotatable bonds is 5. The molecule has 1 aliphatic carbocycles. The van der Waals surface area contributed by atoms with E-state index in [9.17, 15) is 13.2 Å². The minimum absolute atomic E-state index is 0.0125. The Morgan fingerprint density at radius 2 is 1.88 bits per heavy atom. The quantitative estimate of drug-likeness (QED) is 0.604. The van der Waals surface area contributed by atoms with E-state index in [4.69, 9.17) is 4.74 Å². The van der Waals surface area contributed by atoms with Gasteiger partial charge in [0.2, 0.25) is 10.0 Å². The van der Waals surface area contributed by atoms with E-state index < -0.39 is 10.0 Å². The molecule has 0 radical (unpaired) electrons. The van der Waals surface area contributed by atoms with Gasteiger partial charge in [-0.3, -0.25) is 0 Å². The van der Waals surface area contributed by atoms with E-state index >= 15 is 0 Å². The second kappa shape index (κ2) is 7.94. The average molecular weight is 351 g/mol. The van der Waals surface area contributed by atoms with Gasteiger partial charge in [-0.25, -0.2) is 17.5 Å². The van der Waals surface area contributed by atoms with Gasteiger partial charge in [-0.05, 0) is 49.0 Å². The van der Waals surface area contributed by atoms with Crippen LogP contribution < -0.4 is 0 Å². The normalized spacial score (nSPS) is 22.0. The van der Waals surface area contributed by atoms with Crippen molar-refractivity contribution in [3.8, 4) is 0 Å². The van der Waals surface area contributed by atoms with Crippen molar-refractivity contribution in [3.05, 3.63) is 35.9 Å². The maximum Gasteiger partial charge on any atom is 0.331 e. The highest BCUT2D eigenvalue weighted by atomic mass is 32.2. The summed E-state index contributed by atoms with van der Waals surface area (Å²) in [5, 5.41) is 0. The molecule has 0 bridgehead atoms. The monoisotopic (exact) mass is 351 g/mol. The van der Waals surface area contributed by atoms with Crippen molar-refractivity contribution in [2.24, 2.45) is 5.92 Å². The number of nitrogens with zero attached hydrogens (tertiary/aromatic N) is 1. The number of carbonyl (C=O) groups is 1. The summed E-state index contributed by atoms with van der Waals surface area (Å²) in [6.45, 7) is 2.18. The van der Waals surface area contributed by atoms with Gasteiger partial charge in [0.1, 0.15) is 6.10 Å². The topological polar surface area (TPSA) is 63.7 Å². The fourth-order valence-electron chi connectivity index (χ4n) is 2.82. The molecule has 0 saturated heterocycles. The third-order valence-corrected chi connectivity index (χ3v) is 6.07. The summed E-state index contributed by atoms with van der Waals surface area (Å²) >= 11 is 0. The van der Waals surface area contributed by atoms with Crippen molar-refractivity contribution in [1.29, 1.82) is 0 Å². The van der Waals surface area contributed by atoms with Gasteiger partial charge >= 0.3 is 5.97 Å². The molecule has 1 aromatic carbocycles. The Labute approximate surface area is 144 Å². The van der Waals surface area contributed by atoms with E-state index in [-0.39, 0.29) is 17.0 Å². The van der Waals surface area contributed by atoms with E-state index in [0.717, 1.165) is 24.8 Å². The van der Waals surface area contributed by atoms with Gasteiger partial charge < -0.3 is 4.74 Å². The van der Waals surface area contributed by atoms with Crippen LogP contribution in [0.2, 0.25) is 0 Å². The van der Waals surface area contributed by atoms with Crippen molar-refractivity contribution < 1.29 is 17.9 Å². The molecule has 24 heavy (non-hydrogen) atoms. The number of hydrogen-bond donors (Lipinski definition) is 0. The van der Waals surface area contributed by atoms with Gasteiger partial charge in [0.05, 0.1) is 4.90 Å². The number of ether oxygens (including phenoxy) is 1. The first-order valence-electron chi connectivity index (χ1n) is 8.20. The molecule has 1 fully saturated rings. The Balaban J connectivity index is 1.95. The third kappa shape index (κ3) is 4.92. The van der Waals surface area contributed by atoms with E-state index in [1.54, 1.807) is 18.2 Å². The fraction of sp³-hybridized carbons (Fsp3) is 0.500. The standard InChI is InChI=1S/C18H25NO4S/c1-14-5-4-6-16(13-14)23-18(20)12-9-15-7-10-17(11-8-15)24(21,22)19(2)3/h7-12,14,16H,4-6,13H2,1-3H3/b12-9+. The van der Waals surface area contributed by atoms with Gasteiger partial charge in [-0.1, -0.05) is 25.5 Å². The molecule has 0 N–H and O–H groups in total. The molecule has 1 aliphatic rings. The maximum absolute atomic E-state index is 12.0. The van der Waals surface area contributed by atoms with Crippen LogP contribution >= 0.6 is 0 Å². The number of carbonyl (C=O) groups excluding carboxylic acids is 1. The molecule has 0 aliphatic heterocycles. The van der Waals surface area contributed by atoms with Crippen LogP contribution in [0.3, 0.4) is 0 Å². The second-order valence-electron chi connectivity index (χ2n) is 6.52. The molecular weight excluding hydrogens is 326 g/mol. The highest BCUT2D eigenvalue weighted by molar-refractivity contribution is 7.89. The molecular formula is C18H25NO4S. The SMILES string of the molecule is CC1CCCC(OC(=O)/C=C/c2ccc(S(=O)(=O)N(C)C)cc2)C1. The lowest BCUT2D eigenvalue weighted by Crippen LogP contribution is -2.23. The molecule has 1 aromatic rings. The van der Waals surface area contributed by atoms with E-state index in [0.29, 0.717) is 5.92 Å². The Morgan fingerprint density at radius 3 is 2.46 bits per heavy atom. The van der Waals surface area contributed by atoms with Crippen LogP contribution in [-0.4, -0.2) is 38.9 Å². The highest BCUT2D eigenvalue weighted by Gasteiger charge is 2.21. The molecule has 2 rings (SSSR count). The lowest BCUT2D eigenvalue weighted by molar-refractivity contribution is -0.144. The summed E-state index contributed by atoms with van der Waals surface area (Å²) < 4.78 is 30.6. The Bertz CT molecular complexity index is 692. The highest BCUT2D eigenvalue weighted by Crippen LogP contribution is 2.25. The van der Waals surface area contributed by atoms with E-state index in [1.807, 2.05) is 0 Å². The molecule has 0 aromatic heterocycles. The van der Waals surface area contributed by atoms with Crippen LogP contribution in [0.5, 0.6) is 0 Å². The summed E-state index contributed by atoms with van der Waals surface area (Å²) in [6.07, 6.45) is 7.21. The zero-order valence-corrected chi connectivity index (χ0v) is 15.3. The van der Waals surface area contributed by atoms with Crippen molar-refractivity contribution in [2.45, 2.75) is 43.6 Å². The van der Waals surface area contributed by atoms with Gasteiger partial charge in [0.25, 0.3) is 0 Å². The van der Waals surface area contributed by atoms with Crippen LogP contribution in [0.15, 0.2) is 35.2 Å². The summed E-state index contributed by atoms with van der Waals surface area (Å²) in [7, 11) is -0.449. The Morgan fingerprint density at radius 1 is 1.21 bits per heavy atom. The Kier molecular flexibility index (Phi) is 6.18. The van der Waals surface area contributed by atoms with Crippen LogP contribution in [0.1, 0.15) is 38.2 Å². The van der Waals surface area contributed by atoms with Crippen molar-refractivity contribution in [2.75, 3.05) is 14.1 Å². The molecule has 2 atom stereocenters. The molecule has 0 amide bonds. The largest absolute Gasteiger partial charge is 0.459 e. The predicted molar refractivity (Wildman–Crippen MR) is 93.9 cm³/mol. The van der Waals surface area contributed by atoms with Crippen LogP contribution in [0.25, 0.3) is 6.08 Å². The number of sulfonamides is 1. The summed E-state index contributed by atoms with van der Waals surface area (Å²) in [5.74, 6) is 0.255. The number of hydrogen-bond acceptors (Lipinski definition) is 4. The predicted octanol–water partition coefficient (Wildman–Crippen LogP) is 3.07. The summed E-state index contributed by atoms with van der Waals surface area (Å²) in [6, 6.07) is 6.40. The van der Waals surface area contributed by atoms with E-state index in [1.165, 1.54) is 43.0 Å². The third-order valence-electron chi connectivity index (χ3n) is 4.24. The van der Waals surface area contributed by atoms with Crippen molar-refractivity contribution in [1.82, 2.24) is 4.31 Å². The first-order chi connectivity index (χ1) is 11.3. The summed E-state index contributed by atoms with van der Waals surface area (Å²) in [4.78, 5) is 12.1. The van der Waals surface area contributed by atoms with Gasteiger partial charge in [0, 0.05) is 20.2 Å². The van der Waals surface area contributed by atoms with Gasteiger partial charge in [0.15, 0.2) is 0 Å². The molecule has 2 unspecified atom stereocenters. The average Bonchev–Trinajstić information content (AvgIpc) is 2.53. The minimum Gasteiger partial charge on any atom is -0.459 e. The van der Waals surface area contributed by atoms with E-state index in [2.05, 4.69) is 6.92 Å². The van der Waals surface area contributed by atoms with Gasteiger partial charge in [-0.15, -0.1) is 0 Å². The minimum atomic E-state index is -3.43. The maximum atomic E-state index is 12.0. The molecule has 132 valence electrons.